The molecule has 100 valence electrons. The van der Waals surface area contributed by atoms with E-state index in [1.807, 2.05) is 29.2 Å². The van der Waals surface area contributed by atoms with E-state index in [1.54, 1.807) is 0 Å². The molecule has 0 saturated heterocycles. The van der Waals surface area contributed by atoms with E-state index in [2.05, 4.69) is 29.8 Å². The van der Waals surface area contributed by atoms with Gasteiger partial charge in [0, 0.05) is 13.1 Å². The number of rotatable bonds is 7. The van der Waals surface area contributed by atoms with Crippen molar-refractivity contribution in [3.8, 4) is 5.75 Å². The molecule has 0 atom stereocenters. The van der Waals surface area contributed by atoms with Crippen LogP contribution in [0.25, 0.3) is 0 Å². The molecule has 0 saturated carbocycles. The molecule has 1 amide bonds. The van der Waals surface area contributed by atoms with Gasteiger partial charge in [-0.1, -0.05) is 26.0 Å². The highest BCUT2D eigenvalue weighted by molar-refractivity contribution is 9.10. The summed E-state index contributed by atoms with van der Waals surface area (Å²) in [5.74, 6) is 0.758. The highest BCUT2D eigenvalue weighted by Gasteiger charge is 2.12. The summed E-state index contributed by atoms with van der Waals surface area (Å²) in [5.41, 5.74) is 0. The number of carbonyl (C=O) groups excluding carboxylic acids is 1. The number of nitrogens with zero attached hydrogens (tertiary/aromatic N) is 1. The molecule has 0 aliphatic rings. The molecule has 18 heavy (non-hydrogen) atoms. The second kappa shape index (κ2) is 8.14. The zero-order valence-electron chi connectivity index (χ0n) is 11.0. The van der Waals surface area contributed by atoms with Gasteiger partial charge in [0.2, 0.25) is 0 Å². The first-order valence-corrected chi connectivity index (χ1v) is 7.13. The second-order valence-corrected chi connectivity index (χ2v) is 4.95. The van der Waals surface area contributed by atoms with E-state index in [0.29, 0.717) is 5.75 Å². The lowest BCUT2D eigenvalue weighted by atomic mass is 10.3. The summed E-state index contributed by atoms with van der Waals surface area (Å²) in [5, 5.41) is 0. The van der Waals surface area contributed by atoms with Gasteiger partial charge in [-0.15, -0.1) is 0 Å². The summed E-state index contributed by atoms with van der Waals surface area (Å²) in [7, 11) is 0. The normalized spacial score (nSPS) is 10.2. The summed E-state index contributed by atoms with van der Waals surface area (Å²) < 4.78 is 6.40. The van der Waals surface area contributed by atoms with Crippen LogP contribution in [0.15, 0.2) is 28.7 Å². The first kappa shape index (κ1) is 15.0. The maximum Gasteiger partial charge on any atom is 0.260 e. The highest BCUT2D eigenvalue weighted by Crippen LogP contribution is 2.23. The molecule has 0 unspecified atom stereocenters. The van der Waals surface area contributed by atoms with Gasteiger partial charge >= 0.3 is 0 Å². The fourth-order valence-corrected chi connectivity index (χ4v) is 2.09. The molecule has 0 N–H and O–H groups in total. The second-order valence-electron chi connectivity index (χ2n) is 4.10. The quantitative estimate of drug-likeness (QED) is 0.771. The van der Waals surface area contributed by atoms with Crippen molar-refractivity contribution in [3.63, 3.8) is 0 Å². The molecule has 0 bridgehead atoms. The Morgan fingerprint density at radius 2 is 1.83 bits per heavy atom. The third-order valence-electron chi connectivity index (χ3n) is 2.53. The Morgan fingerprint density at radius 1 is 1.22 bits per heavy atom. The van der Waals surface area contributed by atoms with Crippen molar-refractivity contribution in [1.82, 2.24) is 4.90 Å². The van der Waals surface area contributed by atoms with E-state index >= 15 is 0 Å². The first-order valence-electron chi connectivity index (χ1n) is 6.34. The lowest BCUT2D eigenvalue weighted by Crippen LogP contribution is -2.36. The van der Waals surface area contributed by atoms with Crippen LogP contribution in [0.2, 0.25) is 0 Å². The standard InChI is InChI=1S/C14H20BrNO2/c1-3-9-16(10-4-2)14(17)11-18-13-8-6-5-7-12(13)15/h5-8H,3-4,9-11H2,1-2H3. The van der Waals surface area contributed by atoms with Gasteiger partial charge in [-0.25, -0.2) is 0 Å². The van der Waals surface area contributed by atoms with Crippen LogP contribution < -0.4 is 4.74 Å². The zero-order chi connectivity index (χ0) is 13.4. The lowest BCUT2D eigenvalue weighted by molar-refractivity contribution is -0.133. The van der Waals surface area contributed by atoms with Gasteiger partial charge in [0.1, 0.15) is 5.75 Å². The molecule has 4 heteroatoms. The summed E-state index contributed by atoms with van der Waals surface area (Å²) in [4.78, 5) is 13.9. The Hall–Kier alpha value is -1.03. The summed E-state index contributed by atoms with van der Waals surface area (Å²) in [6.45, 7) is 5.84. The minimum absolute atomic E-state index is 0.0504. The topological polar surface area (TPSA) is 29.5 Å². The average molecular weight is 314 g/mol. The minimum Gasteiger partial charge on any atom is -0.483 e. The number of carbonyl (C=O) groups is 1. The van der Waals surface area contributed by atoms with Gasteiger partial charge in [0.05, 0.1) is 4.47 Å². The third kappa shape index (κ3) is 4.69. The van der Waals surface area contributed by atoms with Crippen LogP contribution in [0.1, 0.15) is 26.7 Å². The van der Waals surface area contributed by atoms with Crippen molar-refractivity contribution in [2.75, 3.05) is 19.7 Å². The number of halogens is 1. The van der Waals surface area contributed by atoms with E-state index < -0.39 is 0 Å². The number of para-hydroxylation sites is 1. The lowest BCUT2D eigenvalue weighted by Gasteiger charge is -2.21. The van der Waals surface area contributed by atoms with E-state index in [9.17, 15) is 4.79 Å². The van der Waals surface area contributed by atoms with Gasteiger partial charge in [-0.05, 0) is 40.9 Å². The third-order valence-corrected chi connectivity index (χ3v) is 3.18. The maximum atomic E-state index is 12.0. The SMILES string of the molecule is CCCN(CCC)C(=O)COc1ccccc1Br. The monoisotopic (exact) mass is 313 g/mol. The molecule has 1 aromatic carbocycles. The van der Waals surface area contributed by atoms with Gasteiger partial charge in [-0.2, -0.15) is 0 Å². The largest absolute Gasteiger partial charge is 0.483 e. The molecular formula is C14H20BrNO2. The van der Waals surface area contributed by atoms with Crippen molar-refractivity contribution in [2.45, 2.75) is 26.7 Å². The van der Waals surface area contributed by atoms with Crippen LogP contribution in [0.4, 0.5) is 0 Å². The fourth-order valence-electron chi connectivity index (χ4n) is 1.69. The van der Waals surface area contributed by atoms with E-state index in [1.165, 1.54) is 0 Å². The first-order chi connectivity index (χ1) is 8.69. The summed E-state index contributed by atoms with van der Waals surface area (Å²) >= 11 is 3.40. The van der Waals surface area contributed by atoms with E-state index in [0.717, 1.165) is 30.4 Å². The van der Waals surface area contributed by atoms with Crippen LogP contribution in [0.5, 0.6) is 5.75 Å². The van der Waals surface area contributed by atoms with Gasteiger partial charge in [-0.3, -0.25) is 4.79 Å². The van der Waals surface area contributed by atoms with E-state index in [-0.39, 0.29) is 12.5 Å². The van der Waals surface area contributed by atoms with Crippen molar-refractivity contribution in [1.29, 1.82) is 0 Å². The van der Waals surface area contributed by atoms with Crippen molar-refractivity contribution in [3.05, 3.63) is 28.7 Å². The fraction of sp³-hybridized carbons (Fsp3) is 0.500. The molecule has 0 heterocycles. The van der Waals surface area contributed by atoms with Crippen LogP contribution in [0, 0.1) is 0 Å². The number of benzene rings is 1. The van der Waals surface area contributed by atoms with Crippen LogP contribution in [-0.4, -0.2) is 30.5 Å². The smallest absolute Gasteiger partial charge is 0.260 e. The number of amides is 1. The number of ether oxygens (including phenoxy) is 1. The summed E-state index contributed by atoms with van der Waals surface area (Å²) in [6.07, 6.45) is 1.95. The Balaban J connectivity index is 2.51. The summed E-state index contributed by atoms with van der Waals surface area (Å²) in [6, 6.07) is 7.55. The number of hydrogen-bond donors (Lipinski definition) is 0. The molecule has 0 radical (unpaired) electrons. The average Bonchev–Trinajstić information content (AvgIpc) is 2.37. The van der Waals surface area contributed by atoms with Crippen molar-refractivity contribution >= 4 is 21.8 Å². The van der Waals surface area contributed by atoms with Crippen molar-refractivity contribution < 1.29 is 9.53 Å². The predicted octanol–water partition coefficient (Wildman–Crippen LogP) is 3.48. The highest BCUT2D eigenvalue weighted by atomic mass is 79.9. The van der Waals surface area contributed by atoms with Crippen LogP contribution in [-0.2, 0) is 4.79 Å². The molecule has 1 aromatic rings. The van der Waals surface area contributed by atoms with Crippen LogP contribution >= 0.6 is 15.9 Å². The molecule has 3 nitrogen and oxygen atoms in total. The van der Waals surface area contributed by atoms with Crippen LogP contribution in [0.3, 0.4) is 0 Å². The van der Waals surface area contributed by atoms with Gasteiger partial charge in [0.15, 0.2) is 6.61 Å². The predicted molar refractivity (Wildman–Crippen MR) is 76.8 cm³/mol. The Kier molecular flexibility index (Phi) is 6.80. The molecule has 0 spiro atoms. The Labute approximate surface area is 117 Å². The molecule has 0 aromatic heterocycles. The Morgan fingerprint density at radius 3 is 2.39 bits per heavy atom. The molecular weight excluding hydrogens is 294 g/mol. The van der Waals surface area contributed by atoms with Gasteiger partial charge < -0.3 is 9.64 Å². The number of hydrogen-bond acceptors (Lipinski definition) is 2. The molecule has 0 aliphatic heterocycles. The van der Waals surface area contributed by atoms with Gasteiger partial charge in [0.25, 0.3) is 5.91 Å². The minimum atomic E-state index is 0.0504. The van der Waals surface area contributed by atoms with Crippen molar-refractivity contribution in [2.24, 2.45) is 0 Å². The van der Waals surface area contributed by atoms with E-state index in [4.69, 9.17) is 4.74 Å². The maximum absolute atomic E-state index is 12.0. The molecule has 0 fully saturated rings. The zero-order valence-corrected chi connectivity index (χ0v) is 12.6. The Bertz CT molecular complexity index is 376. The molecule has 1 rings (SSSR count). The molecule has 0 aliphatic carbocycles.